The summed E-state index contributed by atoms with van der Waals surface area (Å²) in [4.78, 5) is 13.5. The van der Waals surface area contributed by atoms with Crippen molar-refractivity contribution < 1.29 is 18.3 Å². The first-order valence-corrected chi connectivity index (χ1v) is 5.79. The Hall–Kier alpha value is -1.73. The lowest BCUT2D eigenvalue weighted by atomic mass is 10.1. The van der Waals surface area contributed by atoms with Gasteiger partial charge in [0, 0.05) is 25.8 Å². The number of carbonyl (C=O) groups excluding carboxylic acids is 1. The van der Waals surface area contributed by atoms with Gasteiger partial charge >= 0.3 is 0 Å². The highest BCUT2D eigenvalue weighted by atomic mass is 19.1. The second kappa shape index (κ2) is 7.01. The molecule has 0 saturated heterocycles. The number of nitrogen functional groups attached to an aromatic ring is 1. The minimum Gasteiger partial charge on any atom is -0.383 e. The van der Waals surface area contributed by atoms with Crippen LogP contribution in [0.2, 0.25) is 0 Å². The van der Waals surface area contributed by atoms with Crippen molar-refractivity contribution in [3.8, 4) is 0 Å². The molecule has 0 fully saturated rings. The summed E-state index contributed by atoms with van der Waals surface area (Å²) in [5.74, 6) is 2.71. The van der Waals surface area contributed by atoms with Gasteiger partial charge in [-0.25, -0.2) is 8.78 Å². The standard InChI is InChI=1S/C12H17F2N3O2/c1-3-17(4-5-19-2)12(18)8-6-9(13)11(16-15)10(14)7-8/h6-7,16H,3-5,15H2,1-2H3. The lowest BCUT2D eigenvalue weighted by Crippen LogP contribution is -2.33. The first-order valence-electron chi connectivity index (χ1n) is 5.79. The zero-order valence-corrected chi connectivity index (χ0v) is 10.9. The van der Waals surface area contributed by atoms with E-state index < -0.39 is 23.2 Å². The molecule has 1 rings (SSSR count). The van der Waals surface area contributed by atoms with E-state index >= 15 is 0 Å². The van der Waals surface area contributed by atoms with Crippen LogP contribution in [-0.2, 0) is 4.74 Å². The van der Waals surface area contributed by atoms with E-state index in [1.807, 2.05) is 5.43 Å². The number of likely N-dealkylation sites (N-methyl/N-ethyl adjacent to an activating group) is 1. The summed E-state index contributed by atoms with van der Waals surface area (Å²) in [6.45, 7) is 2.90. The van der Waals surface area contributed by atoms with Crippen molar-refractivity contribution in [3.05, 3.63) is 29.3 Å². The normalized spacial score (nSPS) is 10.4. The molecule has 0 aliphatic rings. The van der Waals surface area contributed by atoms with Crippen molar-refractivity contribution in [1.82, 2.24) is 4.90 Å². The Balaban J connectivity index is 2.98. The van der Waals surface area contributed by atoms with Gasteiger partial charge in [-0.05, 0) is 19.1 Å². The van der Waals surface area contributed by atoms with E-state index in [0.717, 1.165) is 12.1 Å². The molecule has 3 N–H and O–H groups in total. The maximum atomic E-state index is 13.5. The molecule has 0 radical (unpaired) electrons. The van der Waals surface area contributed by atoms with Crippen molar-refractivity contribution in [3.63, 3.8) is 0 Å². The van der Waals surface area contributed by atoms with Gasteiger partial charge in [-0.3, -0.25) is 10.6 Å². The van der Waals surface area contributed by atoms with Crippen LogP contribution in [0, 0.1) is 11.6 Å². The number of benzene rings is 1. The first-order chi connectivity index (χ1) is 9.04. The van der Waals surface area contributed by atoms with Crippen LogP contribution >= 0.6 is 0 Å². The maximum absolute atomic E-state index is 13.5. The third-order valence-corrected chi connectivity index (χ3v) is 2.67. The summed E-state index contributed by atoms with van der Waals surface area (Å²) in [5, 5.41) is 0. The van der Waals surface area contributed by atoms with Crippen LogP contribution in [0.1, 0.15) is 17.3 Å². The van der Waals surface area contributed by atoms with Crippen molar-refractivity contribution in [1.29, 1.82) is 0 Å². The highest BCUT2D eigenvalue weighted by Gasteiger charge is 2.18. The number of anilines is 1. The summed E-state index contributed by atoms with van der Waals surface area (Å²) < 4.78 is 31.9. The van der Waals surface area contributed by atoms with Crippen LogP contribution in [0.3, 0.4) is 0 Å². The summed E-state index contributed by atoms with van der Waals surface area (Å²) >= 11 is 0. The van der Waals surface area contributed by atoms with E-state index in [4.69, 9.17) is 10.6 Å². The molecule has 0 unspecified atom stereocenters. The monoisotopic (exact) mass is 273 g/mol. The predicted molar refractivity (Wildman–Crippen MR) is 67.6 cm³/mol. The van der Waals surface area contributed by atoms with Gasteiger partial charge < -0.3 is 15.1 Å². The van der Waals surface area contributed by atoms with E-state index in [9.17, 15) is 13.6 Å². The molecule has 5 nitrogen and oxygen atoms in total. The number of hydrogen-bond donors (Lipinski definition) is 2. The molecular weight excluding hydrogens is 256 g/mol. The second-order valence-electron chi connectivity index (χ2n) is 3.84. The van der Waals surface area contributed by atoms with Crippen LogP contribution in [0.15, 0.2) is 12.1 Å². The summed E-state index contributed by atoms with van der Waals surface area (Å²) in [5.41, 5.74) is 1.39. The third kappa shape index (κ3) is 3.62. The molecule has 1 aromatic carbocycles. The van der Waals surface area contributed by atoms with E-state index in [1.165, 1.54) is 12.0 Å². The molecule has 19 heavy (non-hydrogen) atoms. The van der Waals surface area contributed by atoms with E-state index in [2.05, 4.69) is 0 Å². The molecule has 0 aromatic heterocycles. The van der Waals surface area contributed by atoms with Crippen LogP contribution in [0.25, 0.3) is 0 Å². The fraction of sp³-hybridized carbons (Fsp3) is 0.417. The van der Waals surface area contributed by atoms with Crippen LogP contribution in [0.4, 0.5) is 14.5 Å². The molecule has 0 atom stereocenters. The zero-order valence-electron chi connectivity index (χ0n) is 10.9. The van der Waals surface area contributed by atoms with Crippen molar-refractivity contribution >= 4 is 11.6 Å². The van der Waals surface area contributed by atoms with Crippen LogP contribution < -0.4 is 11.3 Å². The minimum absolute atomic E-state index is 0.0630. The number of carbonyl (C=O) groups is 1. The molecule has 1 aromatic rings. The zero-order chi connectivity index (χ0) is 14.4. The average Bonchev–Trinajstić information content (AvgIpc) is 2.39. The maximum Gasteiger partial charge on any atom is 0.254 e. The Kier molecular flexibility index (Phi) is 5.65. The first kappa shape index (κ1) is 15.3. The highest BCUT2D eigenvalue weighted by Crippen LogP contribution is 2.20. The summed E-state index contributed by atoms with van der Waals surface area (Å²) in [7, 11) is 1.51. The number of methoxy groups -OCH3 is 1. The van der Waals surface area contributed by atoms with Crippen LogP contribution in [-0.4, -0.2) is 37.6 Å². The molecule has 0 bridgehead atoms. The fourth-order valence-electron chi connectivity index (χ4n) is 1.62. The van der Waals surface area contributed by atoms with E-state index in [-0.39, 0.29) is 5.56 Å². The van der Waals surface area contributed by atoms with Crippen molar-refractivity contribution in [2.24, 2.45) is 5.84 Å². The number of hydrogen-bond acceptors (Lipinski definition) is 4. The van der Waals surface area contributed by atoms with Gasteiger partial charge in [-0.2, -0.15) is 0 Å². The van der Waals surface area contributed by atoms with Gasteiger partial charge in [0.05, 0.1) is 6.61 Å². The third-order valence-electron chi connectivity index (χ3n) is 2.67. The fourth-order valence-corrected chi connectivity index (χ4v) is 1.62. The van der Waals surface area contributed by atoms with E-state index in [1.54, 1.807) is 6.92 Å². The topological polar surface area (TPSA) is 67.6 Å². The van der Waals surface area contributed by atoms with Crippen molar-refractivity contribution in [2.75, 3.05) is 32.2 Å². The quantitative estimate of drug-likeness (QED) is 0.606. The summed E-state index contributed by atoms with van der Waals surface area (Å²) in [6, 6.07) is 1.91. The number of hydrazine groups is 1. The molecule has 0 heterocycles. The Morgan fingerprint density at radius 2 is 2.00 bits per heavy atom. The SMILES string of the molecule is CCN(CCOC)C(=O)c1cc(F)c(NN)c(F)c1. The molecular formula is C12H17F2N3O2. The summed E-state index contributed by atoms with van der Waals surface area (Å²) in [6.07, 6.45) is 0. The smallest absolute Gasteiger partial charge is 0.254 e. The minimum atomic E-state index is -0.909. The Morgan fingerprint density at radius 3 is 2.42 bits per heavy atom. The predicted octanol–water partition coefficient (Wildman–Crippen LogP) is 1.36. The van der Waals surface area contributed by atoms with Crippen molar-refractivity contribution in [2.45, 2.75) is 6.92 Å². The number of halogens is 2. The molecule has 106 valence electrons. The molecule has 0 aliphatic heterocycles. The molecule has 0 aliphatic carbocycles. The van der Waals surface area contributed by atoms with Gasteiger partial charge in [0.2, 0.25) is 0 Å². The van der Waals surface area contributed by atoms with Gasteiger partial charge in [0.15, 0.2) is 11.6 Å². The van der Waals surface area contributed by atoms with Gasteiger partial charge in [0.1, 0.15) is 5.69 Å². The number of nitrogens with two attached hydrogens (primary N) is 1. The number of ether oxygens (including phenoxy) is 1. The number of rotatable bonds is 6. The second-order valence-corrected chi connectivity index (χ2v) is 3.84. The highest BCUT2D eigenvalue weighted by molar-refractivity contribution is 5.94. The van der Waals surface area contributed by atoms with Gasteiger partial charge in [0.25, 0.3) is 5.91 Å². The number of amides is 1. The molecule has 0 spiro atoms. The number of nitrogens with one attached hydrogen (secondary N) is 1. The average molecular weight is 273 g/mol. The van der Waals surface area contributed by atoms with Gasteiger partial charge in [-0.15, -0.1) is 0 Å². The largest absolute Gasteiger partial charge is 0.383 e. The molecule has 0 saturated carbocycles. The Morgan fingerprint density at radius 1 is 1.42 bits per heavy atom. The lowest BCUT2D eigenvalue weighted by molar-refractivity contribution is 0.0705. The number of nitrogens with zero attached hydrogens (tertiary/aromatic N) is 1. The van der Waals surface area contributed by atoms with Gasteiger partial charge in [-0.1, -0.05) is 0 Å². The van der Waals surface area contributed by atoms with E-state index in [0.29, 0.717) is 19.7 Å². The lowest BCUT2D eigenvalue weighted by Gasteiger charge is -2.20. The van der Waals surface area contributed by atoms with Crippen LogP contribution in [0.5, 0.6) is 0 Å². The molecule has 7 heteroatoms. The Bertz CT molecular complexity index is 432. The molecule has 1 amide bonds. The Labute approximate surface area is 110 Å².